The molecular formula is C7H12BO3W-. The molecule has 1 unspecified atom stereocenters. The van der Waals surface area contributed by atoms with Crippen LogP contribution in [-0.2, 0) is 30.5 Å². The zero-order valence-corrected chi connectivity index (χ0v) is 9.87. The van der Waals surface area contributed by atoms with Gasteiger partial charge >= 0.3 is 0 Å². The number of ether oxygens (including phenoxy) is 2. The molecule has 1 N–H and O–H groups in total. The molecule has 68 valence electrons. The summed E-state index contributed by atoms with van der Waals surface area (Å²) in [4.78, 5) is 0. The largest absolute Gasteiger partial charge is 0.394 e. The fraction of sp³-hybridized carbons (Fsp3) is 0.857. The predicted molar refractivity (Wildman–Crippen MR) is 41.1 cm³/mol. The molecule has 0 spiro atoms. The second-order valence-corrected chi connectivity index (χ2v) is 2.67. The Morgan fingerprint density at radius 1 is 1.83 bits per heavy atom. The van der Waals surface area contributed by atoms with Crippen molar-refractivity contribution in [2.75, 3.05) is 13.7 Å². The maximum Gasteiger partial charge on any atom is 0.210 e. The van der Waals surface area contributed by atoms with Crippen molar-refractivity contribution in [2.24, 2.45) is 5.92 Å². The zero-order chi connectivity index (χ0) is 9.14. The van der Waals surface area contributed by atoms with E-state index >= 15 is 0 Å². The minimum Gasteiger partial charge on any atom is -0.394 e. The van der Waals surface area contributed by atoms with Crippen molar-refractivity contribution >= 4 is 7.85 Å². The summed E-state index contributed by atoms with van der Waals surface area (Å²) < 4.78 is 17.0. The molecule has 12 heavy (non-hydrogen) atoms. The van der Waals surface area contributed by atoms with E-state index in [1.807, 2.05) is 0 Å². The van der Waals surface area contributed by atoms with Gasteiger partial charge in [0.25, 0.3) is 0 Å². The monoisotopic (exact) mass is 340 g/mol. The maximum absolute atomic E-state index is 6.57. The van der Waals surface area contributed by atoms with Crippen molar-refractivity contribution in [1.82, 2.24) is 0 Å². The van der Waals surface area contributed by atoms with Crippen LogP contribution in [-0.4, -0.2) is 46.3 Å². The van der Waals surface area contributed by atoms with Gasteiger partial charge in [0.15, 0.2) is 0 Å². The molecule has 1 saturated heterocycles. The Kier molecular flexibility index (Phi) is 4.80. The molecule has 3 nitrogen and oxygen atoms in total. The number of aliphatic hydroxyl groups excluding tert-OH is 1. The van der Waals surface area contributed by atoms with E-state index in [4.69, 9.17) is 18.8 Å². The van der Waals surface area contributed by atoms with Crippen LogP contribution >= 0.6 is 0 Å². The normalized spacial score (nSPS) is 42.0. The number of rotatable bonds is 3. The van der Waals surface area contributed by atoms with Gasteiger partial charge in [-0.05, 0) is 6.00 Å². The Hall–Kier alpha value is 0.633. The van der Waals surface area contributed by atoms with E-state index in [1.54, 1.807) is 7.11 Å². The van der Waals surface area contributed by atoms with Gasteiger partial charge in [-0.3, -0.25) is 0 Å². The third kappa shape index (κ3) is 2.32. The molecule has 0 saturated carbocycles. The van der Waals surface area contributed by atoms with Crippen LogP contribution in [0.5, 0.6) is 0 Å². The fourth-order valence-electron chi connectivity index (χ4n) is 1.30. The van der Waals surface area contributed by atoms with Crippen LogP contribution in [0.2, 0.25) is 0 Å². The van der Waals surface area contributed by atoms with Gasteiger partial charge in [0.2, 0.25) is 1.43 Å². The Morgan fingerprint density at radius 3 is 3.00 bits per heavy atom. The summed E-state index contributed by atoms with van der Waals surface area (Å²) in [5, 5.41) is 4.22. The SMILES string of the molecule is [2H]OC[C@H]1O[C@@H]([B])[C@@H]([CH2-])C1OC.[W]. The Bertz CT molecular complexity index is 152. The number of aliphatic hydroxyl groups is 1. The van der Waals surface area contributed by atoms with E-state index in [1.165, 1.54) is 0 Å². The summed E-state index contributed by atoms with van der Waals surface area (Å²) in [6.45, 7) is 3.98. The summed E-state index contributed by atoms with van der Waals surface area (Å²) in [5.41, 5.74) is 0. The van der Waals surface area contributed by atoms with Gasteiger partial charge in [0.05, 0.1) is 12.7 Å². The Morgan fingerprint density at radius 2 is 2.50 bits per heavy atom. The first-order valence-corrected chi connectivity index (χ1v) is 3.55. The van der Waals surface area contributed by atoms with Crippen molar-refractivity contribution in [1.29, 1.82) is 1.43 Å². The molecular weight excluding hydrogens is 327 g/mol. The van der Waals surface area contributed by atoms with Gasteiger partial charge < -0.3 is 21.5 Å². The smallest absolute Gasteiger partial charge is 0.210 e. The number of hydrogen-bond acceptors (Lipinski definition) is 3. The van der Waals surface area contributed by atoms with Gasteiger partial charge in [-0.15, -0.1) is 5.92 Å². The van der Waals surface area contributed by atoms with Crippen LogP contribution in [0.1, 0.15) is 0 Å². The summed E-state index contributed by atoms with van der Waals surface area (Å²) in [5.74, 6) is -0.102. The van der Waals surface area contributed by atoms with Gasteiger partial charge in [0.1, 0.15) is 14.0 Å². The van der Waals surface area contributed by atoms with Gasteiger partial charge in [-0.1, -0.05) is 0 Å². The zero-order valence-electron chi connectivity index (χ0n) is 7.93. The van der Waals surface area contributed by atoms with Gasteiger partial charge in [-0.2, -0.15) is 0 Å². The minimum atomic E-state index is -0.421. The molecule has 0 aromatic carbocycles. The van der Waals surface area contributed by atoms with E-state index < -0.39 is 6.00 Å². The molecule has 1 rings (SSSR count). The number of hydrogen-bond donors (Lipinski definition) is 1. The first-order valence-electron chi connectivity index (χ1n) is 3.96. The molecule has 0 aliphatic carbocycles. The topological polar surface area (TPSA) is 38.7 Å². The predicted octanol–water partition coefficient (Wildman–Crippen LogP) is -0.665. The molecule has 4 atom stereocenters. The standard InChI is InChI=1S/C7H12BO3.W/c1-4-6(10-2)5(3-9)11-7(4)8;/h4-7,9H,1,3H2,2H3;/q-1;/t4-,5+,6?,7+;/m0./s1/i9D;. The van der Waals surface area contributed by atoms with Crippen molar-refractivity contribution in [2.45, 2.75) is 18.2 Å². The first kappa shape index (κ1) is 10.7. The summed E-state index contributed by atoms with van der Waals surface area (Å²) in [6.07, 6.45) is -0.449. The van der Waals surface area contributed by atoms with Crippen LogP contribution in [0.25, 0.3) is 0 Å². The van der Waals surface area contributed by atoms with Crippen molar-refractivity contribution in [3.63, 3.8) is 0 Å². The van der Waals surface area contributed by atoms with Gasteiger partial charge in [-0.25, -0.2) is 0 Å². The van der Waals surface area contributed by atoms with Crippen LogP contribution in [0, 0.1) is 12.8 Å². The molecule has 1 fully saturated rings. The van der Waals surface area contributed by atoms with Crippen LogP contribution < -0.4 is 0 Å². The Balaban J connectivity index is 0.00000144. The molecule has 0 aromatic heterocycles. The molecule has 0 aromatic rings. The second-order valence-electron chi connectivity index (χ2n) is 2.67. The fourth-order valence-corrected chi connectivity index (χ4v) is 1.30. The summed E-state index contributed by atoms with van der Waals surface area (Å²) >= 11 is 0. The van der Waals surface area contributed by atoms with Crippen molar-refractivity contribution in [3.05, 3.63) is 6.92 Å². The first-order chi connectivity index (χ1) is 5.70. The van der Waals surface area contributed by atoms with E-state index in [9.17, 15) is 0 Å². The summed E-state index contributed by atoms with van der Waals surface area (Å²) in [7, 11) is 7.15. The van der Waals surface area contributed by atoms with E-state index in [2.05, 4.69) is 12.0 Å². The van der Waals surface area contributed by atoms with E-state index in [-0.39, 0.29) is 45.8 Å². The minimum absolute atomic E-state index is 0. The van der Waals surface area contributed by atoms with E-state index in [0.717, 1.165) is 0 Å². The van der Waals surface area contributed by atoms with E-state index in [0.29, 0.717) is 0 Å². The molecule has 1 heterocycles. The second kappa shape index (κ2) is 5.38. The van der Waals surface area contributed by atoms with Crippen LogP contribution in [0.3, 0.4) is 0 Å². The molecule has 1 aliphatic heterocycles. The quantitative estimate of drug-likeness (QED) is 0.548. The van der Waals surface area contributed by atoms with Crippen molar-refractivity contribution < 1.29 is 35.6 Å². The molecule has 1 aliphatic rings. The number of methoxy groups -OCH3 is 1. The average Bonchev–Trinajstić information content (AvgIpc) is 2.29. The van der Waals surface area contributed by atoms with Gasteiger partial charge in [0, 0.05) is 28.2 Å². The van der Waals surface area contributed by atoms with Crippen LogP contribution in [0.4, 0.5) is 0 Å². The van der Waals surface area contributed by atoms with Crippen LogP contribution in [0.15, 0.2) is 0 Å². The summed E-state index contributed by atoms with van der Waals surface area (Å²) in [6, 6.07) is -0.421. The average molecular weight is 340 g/mol. The third-order valence-corrected chi connectivity index (χ3v) is 1.98. The molecule has 0 bridgehead atoms. The Labute approximate surface area is 90.0 Å². The molecule has 0 amide bonds. The third-order valence-electron chi connectivity index (χ3n) is 1.98. The molecule has 5 heteroatoms. The molecule has 2 radical (unpaired) electrons. The maximum atomic E-state index is 6.57. The van der Waals surface area contributed by atoms with Crippen molar-refractivity contribution in [3.8, 4) is 0 Å².